The predicted octanol–water partition coefficient (Wildman–Crippen LogP) is 18.4. The third-order valence-electron chi connectivity index (χ3n) is 17.8. The van der Waals surface area contributed by atoms with Gasteiger partial charge in [0.25, 0.3) is 0 Å². The minimum absolute atomic E-state index is 0.0879. The molecule has 0 heterocycles. The molecule has 0 aliphatic heterocycles. The van der Waals surface area contributed by atoms with E-state index < -0.39 is 32.3 Å². The first-order valence-electron chi connectivity index (χ1n) is 30.3. The number of rotatable bonds is 14. The smallest absolute Gasteiger partial charge is 0.0992 e. The zero-order valence-electron chi connectivity index (χ0n) is 51.9. The molecule has 0 radical (unpaired) electrons. The third-order valence-corrected chi connectivity index (χ3v) is 26.0. The van der Waals surface area contributed by atoms with Crippen LogP contribution in [0.2, 0.25) is 78.6 Å². The number of nitriles is 2. The lowest BCUT2D eigenvalue weighted by molar-refractivity contribution is 0.773. The van der Waals surface area contributed by atoms with Gasteiger partial charge < -0.3 is 9.80 Å². The van der Waals surface area contributed by atoms with Gasteiger partial charge in [-0.1, -0.05) is 263 Å². The molecule has 0 amide bonds. The molecular formula is C78H76N4Si4. The van der Waals surface area contributed by atoms with Crippen LogP contribution in [0, 0.1) is 28.6 Å². The summed E-state index contributed by atoms with van der Waals surface area (Å²) >= 11 is 0. The number of anilines is 4. The normalized spacial score (nSPS) is 16.3. The van der Waals surface area contributed by atoms with Gasteiger partial charge in [-0.25, -0.2) is 0 Å². The average molecular weight is 1180 g/mol. The van der Waals surface area contributed by atoms with Crippen LogP contribution >= 0.6 is 0 Å². The van der Waals surface area contributed by atoms with Crippen molar-refractivity contribution in [1.82, 2.24) is 0 Å². The Balaban J connectivity index is 1.02. The van der Waals surface area contributed by atoms with Gasteiger partial charge in [-0.15, -0.1) is 0 Å². The molecule has 4 aliphatic carbocycles. The molecule has 0 saturated heterocycles. The van der Waals surface area contributed by atoms with Crippen molar-refractivity contribution in [1.29, 1.82) is 10.5 Å². The van der Waals surface area contributed by atoms with Crippen LogP contribution in [-0.4, -0.2) is 38.3 Å². The summed E-state index contributed by atoms with van der Waals surface area (Å²) in [5.41, 5.74) is 21.6. The first-order valence-corrected chi connectivity index (χ1v) is 44.3. The van der Waals surface area contributed by atoms with Crippen molar-refractivity contribution in [2.24, 2.45) is 5.92 Å². The molecule has 4 nitrogen and oxygen atoms in total. The van der Waals surface area contributed by atoms with Crippen molar-refractivity contribution < 1.29 is 0 Å². The van der Waals surface area contributed by atoms with Gasteiger partial charge in [-0.05, 0) is 128 Å². The zero-order chi connectivity index (χ0) is 60.5. The Kier molecular flexibility index (Phi) is 15.0. The maximum atomic E-state index is 10.5. The molecule has 0 bridgehead atoms. The van der Waals surface area contributed by atoms with Crippen molar-refractivity contribution in [3.63, 3.8) is 0 Å². The largest absolute Gasteiger partial charge is 0.330 e. The monoisotopic (exact) mass is 1180 g/mol. The van der Waals surface area contributed by atoms with Crippen LogP contribution < -0.4 is 30.5 Å². The van der Waals surface area contributed by atoms with Crippen molar-refractivity contribution >= 4 is 75.8 Å². The minimum atomic E-state index is -1.61. The summed E-state index contributed by atoms with van der Waals surface area (Å²) in [7, 11) is -6.24. The highest BCUT2D eigenvalue weighted by Gasteiger charge is 2.41. The maximum Gasteiger partial charge on any atom is 0.0992 e. The first-order chi connectivity index (χ1) is 41.0. The first kappa shape index (κ1) is 57.8. The van der Waals surface area contributed by atoms with E-state index in [-0.39, 0.29) is 12.0 Å². The second kappa shape index (κ2) is 22.3. The topological polar surface area (TPSA) is 54.1 Å². The second-order valence-corrected chi connectivity index (χ2v) is 48.0. The summed E-state index contributed by atoms with van der Waals surface area (Å²) in [4.78, 5) is 4.89. The fraction of sp³-hybridized carbons (Fsp3) is 0.179. The lowest BCUT2D eigenvalue weighted by Crippen LogP contribution is -2.38. The van der Waals surface area contributed by atoms with Crippen LogP contribution in [-0.2, 0) is 0 Å². The number of benzene rings is 8. The number of nitrogens with zero attached hydrogens (tertiary/aromatic N) is 4. The summed E-state index contributed by atoms with van der Waals surface area (Å²) in [6.45, 7) is 28.9. The summed E-state index contributed by atoms with van der Waals surface area (Å²) in [5.74, 6) is -0.0879. The van der Waals surface area contributed by atoms with Gasteiger partial charge in [-0.3, -0.25) is 0 Å². The van der Waals surface area contributed by atoms with Crippen LogP contribution in [0.4, 0.5) is 22.7 Å². The zero-order valence-corrected chi connectivity index (χ0v) is 55.9. The fourth-order valence-electron chi connectivity index (χ4n) is 12.7. The molecule has 0 saturated carbocycles. The standard InChI is InChI=1S/C78H76N4Si4/c1-83(2,3)65-33-19-55(20-34-65)61-31-45-75(71(49-61)57-23-37-67(38-24-57)85(7,8)9)81(63-17-13-15-53(47-63)51-79)73-43-29-59-28-42-70-74(44-30-60-27-41-69(73)77(59)78(60)70)82(64-18-14-16-54(48-64)52-80)76-46-32-62(56-21-35-66(36-22-56)84(4,5)6)50-72(76)58-25-39-68(40-26-58)86(10,11)12/h13-50,73,78H,1-12H3. The van der Waals surface area contributed by atoms with Gasteiger partial charge >= 0.3 is 0 Å². The molecule has 0 N–H and O–H groups in total. The molecule has 8 aromatic carbocycles. The molecule has 8 aromatic rings. The maximum absolute atomic E-state index is 10.5. The molecule has 12 rings (SSSR count). The Hall–Kier alpha value is -8.61. The number of allylic oxidation sites excluding steroid dienone is 10. The lowest BCUT2D eigenvalue weighted by Gasteiger charge is -2.44. The Bertz CT molecular complexity index is 4320. The van der Waals surface area contributed by atoms with Crippen LogP contribution in [0.5, 0.6) is 0 Å². The van der Waals surface area contributed by atoms with E-state index >= 15 is 0 Å². The van der Waals surface area contributed by atoms with Gasteiger partial charge in [-0.2, -0.15) is 10.5 Å². The molecule has 86 heavy (non-hydrogen) atoms. The highest BCUT2D eigenvalue weighted by molar-refractivity contribution is 6.90. The van der Waals surface area contributed by atoms with E-state index in [4.69, 9.17) is 0 Å². The van der Waals surface area contributed by atoms with Crippen LogP contribution in [0.3, 0.4) is 0 Å². The quantitative estimate of drug-likeness (QED) is 0.102. The Morgan fingerprint density at radius 1 is 0.395 bits per heavy atom. The van der Waals surface area contributed by atoms with Crippen molar-refractivity contribution in [3.05, 3.63) is 275 Å². The average Bonchev–Trinajstić information content (AvgIpc) is 0.947. The molecule has 8 heteroatoms. The number of hydrogen-bond acceptors (Lipinski definition) is 4. The van der Waals surface area contributed by atoms with Crippen LogP contribution in [0.15, 0.2) is 264 Å². The summed E-state index contributed by atoms with van der Waals surface area (Å²) in [6.07, 6.45) is 18.6. The number of hydrogen-bond donors (Lipinski definition) is 0. The van der Waals surface area contributed by atoms with Crippen LogP contribution in [0.1, 0.15) is 11.1 Å². The van der Waals surface area contributed by atoms with E-state index in [1.54, 1.807) is 0 Å². The molecule has 2 atom stereocenters. The second-order valence-electron chi connectivity index (χ2n) is 27.7. The highest BCUT2D eigenvalue weighted by atomic mass is 28.3. The molecule has 0 fully saturated rings. The molecular weight excluding hydrogens is 1110 g/mol. The van der Waals surface area contributed by atoms with Gasteiger partial charge in [0.2, 0.25) is 0 Å². The Morgan fingerprint density at radius 2 is 0.837 bits per heavy atom. The Morgan fingerprint density at radius 3 is 1.33 bits per heavy atom. The summed E-state index contributed by atoms with van der Waals surface area (Å²) in [5, 5.41) is 26.7. The van der Waals surface area contributed by atoms with E-state index in [9.17, 15) is 10.5 Å². The minimum Gasteiger partial charge on any atom is -0.330 e. The van der Waals surface area contributed by atoms with E-state index in [2.05, 4.69) is 295 Å². The van der Waals surface area contributed by atoms with Crippen molar-refractivity contribution in [2.45, 2.75) is 84.6 Å². The fourth-order valence-corrected chi connectivity index (χ4v) is 17.4. The SMILES string of the molecule is C[Si](C)(C)c1ccc(-c2ccc(N(C3=C4C=CC5=C6C(=CC=C(C=C3)C46)C(N(c3cccc(C#N)c3)c3ccc(-c4ccc([Si](C)(C)C)cc4)cc3-c3ccc([Si](C)(C)C)cc3)C=C5)c3cccc(C#N)c3)c(-c3ccc([Si](C)(C)C)cc3)c2)cc1. The van der Waals surface area contributed by atoms with Gasteiger partial charge in [0.1, 0.15) is 0 Å². The van der Waals surface area contributed by atoms with Gasteiger partial charge in [0, 0.05) is 34.1 Å². The predicted molar refractivity (Wildman–Crippen MR) is 378 cm³/mol. The summed E-state index contributed by atoms with van der Waals surface area (Å²) < 4.78 is 0. The van der Waals surface area contributed by atoms with Crippen molar-refractivity contribution in [3.8, 4) is 56.6 Å². The molecule has 4 aliphatic rings. The Labute approximate surface area is 515 Å². The van der Waals surface area contributed by atoms with E-state index in [0.29, 0.717) is 11.1 Å². The molecule has 0 aromatic heterocycles. The van der Waals surface area contributed by atoms with Crippen molar-refractivity contribution in [2.75, 3.05) is 9.80 Å². The molecule has 2 unspecified atom stereocenters. The summed E-state index contributed by atoms with van der Waals surface area (Å²) in [6, 6.07) is 72.1. The lowest BCUT2D eigenvalue weighted by atomic mass is 9.67. The van der Waals surface area contributed by atoms with Crippen LogP contribution in [0.25, 0.3) is 44.5 Å². The molecule has 424 valence electrons. The van der Waals surface area contributed by atoms with E-state index in [1.165, 1.54) is 59.7 Å². The van der Waals surface area contributed by atoms with E-state index in [1.807, 2.05) is 36.4 Å². The van der Waals surface area contributed by atoms with Gasteiger partial charge in [0.15, 0.2) is 0 Å². The third kappa shape index (κ3) is 11.2. The van der Waals surface area contributed by atoms with Gasteiger partial charge in [0.05, 0.1) is 73.0 Å². The molecule has 0 spiro atoms. The highest BCUT2D eigenvalue weighted by Crippen LogP contribution is 2.53. The van der Waals surface area contributed by atoms with E-state index in [0.717, 1.165) is 61.8 Å².